The molecular weight excluding hydrogens is 366 g/mol. The molecule has 126 valence electrons. The smallest absolute Gasteiger partial charge is 0.239 e. The van der Waals surface area contributed by atoms with Crippen molar-refractivity contribution >= 4 is 39.4 Å². The van der Waals surface area contributed by atoms with E-state index >= 15 is 0 Å². The first-order valence-electron chi connectivity index (χ1n) is 7.16. The standard InChI is InChI=1S/C15H15N3O3S3/c1-10(15(19)16-7-12-3-2-5-23-12)24(20)9-13-17-14(18-21-13)11-4-6-22-8-11/h2-6,8,10H,7,9H2,1H3,(H,16,19). The van der Waals surface area contributed by atoms with Crippen LogP contribution in [-0.4, -0.2) is 25.5 Å². The molecule has 0 spiro atoms. The topological polar surface area (TPSA) is 85.1 Å². The summed E-state index contributed by atoms with van der Waals surface area (Å²) in [6, 6.07) is 5.75. The number of carbonyl (C=O) groups excluding carboxylic acids is 1. The summed E-state index contributed by atoms with van der Waals surface area (Å²) in [5.41, 5.74) is 0.863. The number of amides is 1. The highest BCUT2D eigenvalue weighted by atomic mass is 32.2. The molecule has 9 heteroatoms. The molecule has 2 unspecified atom stereocenters. The Bertz CT molecular complexity index is 812. The van der Waals surface area contributed by atoms with Gasteiger partial charge in [-0.25, -0.2) is 0 Å². The van der Waals surface area contributed by atoms with Crippen molar-refractivity contribution in [3.63, 3.8) is 0 Å². The molecule has 0 bridgehead atoms. The fourth-order valence-electron chi connectivity index (χ4n) is 1.92. The number of nitrogens with one attached hydrogen (secondary N) is 1. The van der Waals surface area contributed by atoms with Crippen molar-refractivity contribution in [2.45, 2.75) is 24.5 Å². The Kier molecular flexibility index (Phi) is 5.54. The normalized spacial score (nSPS) is 13.5. The quantitative estimate of drug-likeness (QED) is 0.680. The maximum Gasteiger partial charge on any atom is 0.239 e. The third kappa shape index (κ3) is 4.16. The second kappa shape index (κ2) is 7.82. The van der Waals surface area contributed by atoms with E-state index in [0.717, 1.165) is 10.4 Å². The number of hydrogen-bond donors (Lipinski definition) is 1. The van der Waals surface area contributed by atoms with Crippen LogP contribution in [0.3, 0.4) is 0 Å². The molecule has 3 rings (SSSR count). The Morgan fingerprint density at radius 3 is 3.00 bits per heavy atom. The summed E-state index contributed by atoms with van der Waals surface area (Å²) >= 11 is 3.10. The molecule has 24 heavy (non-hydrogen) atoms. The molecule has 6 nitrogen and oxygen atoms in total. The zero-order valence-corrected chi connectivity index (χ0v) is 15.2. The SMILES string of the molecule is CC(C(=O)NCc1cccs1)S(=O)Cc1nc(-c2ccsc2)no1. The van der Waals surface area contributed by atoms with Gasteiger partial charge in [-0.05, 0) is 29.8 Å². The number of nitrogens with zero attached hydrogens (tertiary/aromatic N) is 2. The lowest BCUT2D eigenvalue weighted by Gasteiger charge is -2.10. The minimum absolute atomic E-state index is 0.0602. The molecule has 0 fully saturated rings. The lowest BCUT2D eigenvalue weighted by molar-refractivity contribution is -0.120. The molecule has 0 saturated carbocycles. The third-order valence-electron chi connectivity index (χ3n) is 3.29. The van der Waals surface area contributed by atoms with Crippen LogP contribution < -0.4 is 5.32 Å². The maximum atomic E-state index is 12.3. The van der Waals surface area contributed by atoms with Gasteiger partial charge in [0.1, 0.15) is 11.0 Å². The van der Waals surface area contributed by atoms with Gasteiger partial charge < -0.3 is 9.84 Å². The summed E-state index contributed by atoms with van der Waals surface area (Å²) in [5, 5.41) is 11.8. The van der Waals surface area contributed by atoms with Crippen LogP contribution in [0.2, 0.25) is 0 Å². The van der Waals surface area contributed by atoms with E-state index in [2.05, 4.69) is 15.5 Å². The van der Waals surface area contributed by atoms with Gasteiger partial charge in [0.25, 0.3) is 0 Å². The summed E-state index contributed by atoms with van der Waals surface area (Å²) < 4.78 is 17.5. The summed E-state index contributed by atoms with van der Waals surface area (Å²) in [6.07, 6.45) is 0. The van der Waals surface area contributed by atoms with E-state index in [1.165, 1.54) is 11.3 Å². The van der Waals surface area contributed by atoms with E-state index in [1.54, 1.807) is 18.3 Å². The van der Waals surface area contributed by atoms with Gasteiger partial charge >= 0.3 is 0 Å². The minimum atomic E-state index is -1.43. The molecule has 1 N–H and O–H groups in total. The van der Waals surface area contributed by atoms with Gasteiger partial charge in [-0.1, -0.05) is 11.2 Å². The lowest BCUT2D eigenvalue weighted by Crippen LogP contribution is -2.35. The van der Waals surface area contributed by atoms with Crippen LogP contribution in [0, 0.1) is 0 Å². The first-order valence-corrected chi connectivity index (χ1v) is 10.4. The van der Waals surface area contributed by atoms with Crippen molar-refractivity contribution in [3.8, 4) is 11.4 Å². The molecule has 0 aliphatic heterocycles. The molecular formula is C15H15N3O3S3. The van der Waals surface area contributed by atoms with E-state index in [4.69, 9.17) is 4.52 Å². The second-order valence-electron chi connectivity index (χ2n) is 4.99. The fourth-order valence-corrected chi connectivity index (χ4v) is 4.13. The van der Waals surface area contributed by atoms with Crippen molar-refractivity contribution in [2.75, 3.05) is 0 Å². The van der Waals surface area contributed by atoms with Gasteiger partial charge in [0, 0.05) is 26.6 Å². The Morgan fingerprint density at radius 2 is 2.29 bits per heavy atom. The van der Waals surface area contributed by atoms with E-state index in [9.17, 15) is 9.00 Å². The number of aromatic nitrogens is 2. The molecule has 2 atom stereocenters. The predicted molar refractivity (Wildman–Crippen MR) is 95.1 cm³/mol. The number of hydrogen-bond acceptors (Lipinski definition) is 7. The zero-order chi connectivity index (χ0) is 16.9. The molecule has 0 aromatic carbocycles. The van der Waals surface area contributed by atoms with Crippen molar-refractivity contribution < 1.29 is 13.5 Å². The Balaban J connectivity index is 1.55. The molecule has 0 aliphatic carbocycles. The molecule has 0 aliphatic rings. The minimum Gasteiger partial charge on any atom is -0.350 e. The summed E-state index contributed by atoms with van der Waals surface area (Å²) in [4.78, 5) is 17.4. The second-order valence-corrected chi connectivity index (χ2v) is 8.56. The van der Waals surface area contributed by atoms with Crippen molar-refractivity contribution in [1.82, 2.24) is 15.5 Å². The van der Waals surface area contributed by atoms with Crippen LogP contribution in [0.1, 0.15) is 17.7 Å². The van der Waals surface area contributed by atoms with E-state index in [1.807, 2.05) is 34.3 Å². The van der Waals surface area contributed by atoms with Gasteiger partial charge in [-0.2, -0.15) is 16.3 Å². The lowest BCUT2D eigenvalue weighted by atomic mass is 10.3. The third-order valence-corrected chi connectivity index (χ3v) is 6.39. The summed E-state index contributed by atoms with van der Waals surface area (Å²) in [6.45, 7) is 2.08. The van der Waals surface area contributed by atoms with Crippen molar-refractivity contribution in [1.29, 1.82) is 0 Å². The van der Waals surface area contributed by atoms with Crippen molar-refractivity contribution in [3.05, 3.63) is 45.1 Å². The zero-order valence-electron chi connectivity index (χ0n) is 12.8. The Hall–Kier alpha value is -1.84. The first kappa shape index (κ1) is 17.0. The highest BCUT2D eigenvalue weighted by Gasteiger charge is 2.22. The summed E-state index contributed by atoms with van der Waals surface area (Å²) in [7, 11) is -1.43. The molecule has 0 radical (unpaired) electrons. The average Bonchev–Trinajstić information content (AvgIpc) is 3.32. The Morgan fingerprint density at radius 1 is 1.42 bits per heavy atom. The average molecular weight is 382 g/mol. The van der Waals surface area contributed by atoms with Crippen molar-refractivity contribution in [2.24, 2.45) is 0 Å². The molecule has 3 aromatic heterocycles. The molecule has 0 saturated heterocycles. The number of rotatable bonds is 7. The molecule has 3 heterocycles. The van der Waals surface area contributed by atoms with Crippen LogP contribution in [0.4, 0.5) is 0 Å². The van der Waals surface area contributed by atoms with Gasteiger partial charge in [-0.3, -0.25) is 9.00 Å². The first-order chi connectivity index (χ1) is 11.6. The predicted octanol–water partition coefficient (Wildman–Crippen LogP) is 2.81. The Labute approximate surface area is 149 Å². The maximum absolute atomic E-state index is 12.3. The molecule has 3 aromatic rings. The fraction of sp³-hybridized carbons (Fsp3) is 0.267. The highest BCUT2D eigenvalue weighted by Crippen LogP contribution is 2.19. The van der Waals surface area contributed by atoms with Gasteiger partial charge in [-0.15, -0.1) is 11.3 Å². The molecule has 1 amide bonds. The highest BCUT2D eigenvalue weighted by molar-refractivity contribution is 7.85. The van der Waals surface area contributed by atoms with Gasteiger partial charge in [0.15, 0.2) is 0 Å². The largest absolute Gasteiger partial charge is 0.350 e. The van der Waals surface area contributed by atoms with E-state index in [-0.39, 0.29) is 17.6 Å². The number of thiophene rings is 2. The van der Waals surface area contributed by atoms with Gasteiger partial charge in [0.05, 0.1) is 6.54 Å². The van der Waals surface area contributed by atoms with Crippen LogP contribution in [0.25, 0.3) is 11.4 Å². The van der Waals surface area contributed by atoms with Crippen LogP contribution in [0.15, 0.2) is 38.9 Å². The van der Waals surface area contributed by atoms with Crippen LogP contribution in [-0.2, 0) is 27.9 Å². The van der Waals surface area contributed by atoms with Gasteiger partial charge in [0.2, 0.25) is 17.6 Å². The number of carbonyl (C=O) groups is 1. The van der Waals surface area contributed by atoms with E-state index in [0.29, 0.717) is 12.4 Å². The van der Waals surface area contributed by atoms with Crippen LogP contribution in [0.5, 0.6) is 0 Å². The monoisotopic (exact) mass is 381 g/mol. The van der Waals surface area contributed by atoms with E-state index < -0.39 is 16.0 Å². The summed E-state index contributed by atoms with van der Waals surface area (Å²) in [5.74, 6) is 0.551. The van der Waals surface area contributed by atoms with Crippen LogP contribution >= 0.6 is 22.7 Å².